The van der Waals surface area contributed by atoms with Gasteiger partial charge in [0.15, 0.2) is 0 Å². The summed E-state index contributed by atoms with van der Waals surface area (Å²) in [5.41, 5.74) is 0.154. The van der Waals surface area contributed by atoms with Crippen LogP contribution in [0.4, 0.5) is 19.0 Å². The van der Waals surface area contributed by atoms with E-state index in [-0.39, 0.29) is 11.9 Å². The van der Waals surface area contributed by atoms with Crippen LogP contribution in [0.5, 0.6) is 5.75 Å². The van der Waals surface area contributed by atoms with Crippen molar-refractivity contribution in [3.63, 3.8) is 0 Å². The average Bonchev–Trinajstić information content (AvgIpc) is 3.02. The number of alkyl halides is 3. The number of methoxy groups -OCH3 is 1. The number of rotatable bonds is 5. The van der Waals surface area contributed by atoms with E-state index in [4.69, 9.17) is 4.74 Å². The Morgan fingerprint density at radius 3 is 2.84 bits per heavy atom. The molecular weight excluding hydrogens is 333 g/mol. The van der Waals surface area contributed by atoms with E-state index in [9.17, 15) is 13.2 Å². The number of nitrogens with one attached hydrogen (secondary N) is 1. The first-order valence-corrected chi connectivity index (χ1v) is 7.96. The number of aromatic nitrogens is 2. The quantitative estimate of drug-likeness (QED) is 0.896. The van der Waals surface area contributed by atoms with Gasteiger partial charge in [-0.2, -0.15) is 13.2 Å². The zero-order valence-corrected chi connectivity index (χ0v) is 13.8. The van der Waals surface area contributed by atoms with Crippen molar-refractivity contribution in [2.24, 2.45) is 0 Å². The van der Waals surface area contributed by atoms with Crippen LogP contribution in [0.15, 0.2) is 36.7 Å². The van der Waals surface area contributed by atoms with Crippen molar-refractivity contribution in [1.82, 2.24) is 14.9 Å². The fourth-order valence-electron chi connectivity index (χ4n) is 2.97. The first-order valence-electron chi connectivity index (χ1n) is 7.96. The standard InChI is InChI=1S/C17H19F3N4O/c1-25-14-5-3-2-4-12(14)9-24-7-6-13(10-24)23-16-8-15(17(18,19)20)21-11-22-16/h2-5,8,11,13H,6-7,9-10H2,1H3,(H,21,22,23). The molecule has 1 saturated heterocycles. The molecule has 5 nitrogen and oxygen atoms in total. The van der Waals surface area contributed by atoms with Gasteiger partial charge in [0.1, 0.15) is 23.6 Å². The van der Waals surface area contributed by atoms with Crippen LogP contribution in [0.1, 0.15) is 17.7 Å². The summed E-state index contributed by atoms with van der Waals surface area (Å²) in [4.78, 5) is 9.40. The minimum atomic E-state index is -4.47. The number of halogens is 3. The maximum absolute atomic E-state index is 12.7. The molecule has 0 aliphatic carbocycles. The van der Waals surface area contributed by atoms with Gasteiger partial charge < -0.3 is 10.1 Å². The second-order valence-corrected chi connectivity index (χ2v) is 5.96. The van der Waals surface area contributed by atoms with Crippen molar-refractivity contribution in [2.75, 3.05) is 25.5 Å². The SMILES string of the molecule is COc1ccccc1CN1CCC(Nc2cc(C(F)(F)F)ncn2)C1. The largest absolute Gasteiger partial charge is 0.496 e. The number of anilines is 1. The zero-order chi connectivity index (χ0) is 17.9. The second kappa shape index (κ2) is 7.26. The van der Waals surface area contributed by atoms with Crippen LogP contribution >= 0.6 is 0 Å². The van der Waals surface area contributed by atoms with Gasteiger partial charge in [-0.3, -0.25) is 4.90 Å². The van der Waals surface area contributed by atoms with Crippen molar-refractivity contribution in [2.45, 2.75) is 25.2 Å². The molecule has 1 fully saturated rings. The maximum Gasteiger partial charge on any atom is 0.433 e. The predicted molar refractivity (Wildman–Crippen MR) is 87.3 cm³/mol. The van der Waals surface area contributed by atoms with E-state index in [1.807, 2.05) is 24.3 Å². The molecule has 0 saturated carbocycles. The summed E-state index contributed by atoms with van der Waals surface area (Å²) in [6.45, 7) is 2.32. The molecule has 3 rings (SSSR count). The van der Waals surface area contributed by atoms with Gasteiger partial charge in [-0.15, -0.1) is 0 Å². The Labute approximate surface area is 143 Å². The van der Waals surface area contributed by atoms with Gasteiger partial charge in [-0.05, 0) is 12.5 Å². The minimum absolute atomic E-state index is 0.0469. The molecule has 1 N–H and O–H groups in total. The summed E-state index contributed by atoms with van der Waals surface area (Å²) in [5, 5.41) is 3.07. The first kappa shape index (κ1) is 17.5. The van der Waals surface area contributed by atoms with Crippen LogP contribution < -0.4 is 10.1 Å². The van der Waals surface area contributed by atoms with Crippen LogP contribution in [-0.2, 0) is 12.7 Å². The summed E-state index contributed by atoms with van der Waals surface area (Å²) in [6.07, 6.45) is -2.70. The number of para-hydroxylation sites is 1. The maximum atomic E-state index is 12.7. The van der Waals surface area contributed by atoms with E-state index >= 15 is 0 Å². The van der Waals surface area contributed by atoms with Crippen molar-refractivity contribution in [1.29, 1.82) is 0 Å². The number of likely N-dealkylation sites (tertiary alicyclic amines) is 1. The normalized spacial score (nSPS) is 18.3. The molecule has 25 heavy (non-hydrogen) atoms. The summed E-state index contributed by atoms with van der Waals surface area (Å²) in [6, 6.07) is 8.81. The number of hydrogen-bond donors (Lipinski definition) is 1. The molecule has 1 aliphatic rings. The van der Waals surface area contributed by atoms with Crippen LogP contribution in [0.3, 0.4) is 0 Å². The highest BCUT2D eigenvalue weighted by Crippen LogP contribution is 2.28. The topological polar surface area (TPSA) is 50.3 Å². The number of hydrogen-bond acceptors (Lipinski definition) is 5. The smallest absolute Gasteiger partial charge is 0.433 e. The Hall–Kier alpha value is -2.35. The summed E-state index contributed by atoms with van der Waals surface area (Å²) >= 11 is 0. The molecule has 1 aromatic heterocycles. The molecule has 134 valence electrons. The van der Waals surface area contributed by atoms with E-state index in [0.29, 0.717) is 0 Å². The van der Waals surface area contributed by atoms with E-state index < -0.39 is 11.9 Å². The number of benzene rings is 1. The molecule has 0 spiro atoms. The fraction of sp³-hybridized carbons (Fsp3) is 0.412. The highest BCUT2D eigenvalue weighted by atomic mass is 19.4. The van der Waals surface area contributed by atoms with Gasteiger partial charge in [0, 0.05) is 37.3 Å². The van der Waals surface area contributed by atoms with E-state index in [1.54, 1.807) is 7.11 Å². The Morgan fingerprint density at radius 1 is 1.28 bits per heavy atom. The van der Waals surface area contributed by atoms with Crippen molar-refractivity contribution >= 4 is 5.82 Å². The van der Waals surface area contributed by atoms with E-state index in [1.165, 1.54) is 0 Å². The lowest BCUT2D eigenvalue weighted by atomic mass is 10.2. The molecule has 0 amide bonds. The van der Waals surface area contributed by atoms with Gasteiger partial charge in [-0.25, -0.2) is 9.97 Å². The van der Waals surface area contributed by atoms with Crippen LogP contribution in [0.25, 0.3) is 0 Å². The summed E-state index contributed by atoms with van der Waals surface area (Å²) in [5.74, 6) is 1.04. The summed E-state index contributed by atoms with van der Waals surface area (Å²) in [7, 11) is 1.64. The van der Waals surface area contributed by atoms with Crippen molar-refractivity contribution < 1.29 is 17.9 Å². The van der Waals surface area contributed by atoms with Crippen molar-refractivity contribution in [3.8, 4) is 5.75 Å². The lowest BCUT2D eigenvalue weighted by molar-refractivity contribution is -0.141. The van der Waals surface area contributed by atoms with Crippen LogP contribution in [0.2, 0.25) is 0 Å². The third kappa shape index (κ3) is 4.39. The van der Waals surface area contributed by atoms with Gasteiger partial charge in [0.05, 0.1) is 7.11 Å². The van der Waals surface area contributed by atoms with Gasteiger partial charge in [0.25, 0.3) is 0 Å². The fourth-order valence-corrected chi connectivity index (χ4v) is 2.97. The van der Waals surface area contributed by atoms with E-state index in [2.05, 4.69) is 20.2 Å². The number of ether oxygens (including phenoxy) is 1. The van der Waals surface area contributed by atoms with E-state index in [0.717, 1.165) is 49.8 Å². The molecule has 2 heterocycles. The first-order chi connectivity index (χ1) is 12.0. The Balaban J connectivity index is 1.60. The monoisotopic (exact) mass is 352 g/mol. The second-order valence-electron chi connectivity index (χ2n) is 5.96. The molecular formula is C17H19F3N4O. The third-order valence-corrected chi connectivity index (χ3v) is 4.17. The minimum Gasteiger partial charge on any atom is -0.496 e. The van der Waals surface area contributed by atoms with Crippen LogP contribution in [0, 0.1) is 0 Å². The third-order valence-electron chi connectivity index (χ3n) is 4.17. The Morgan fingerprint density at radius 2 is 2.08 bits per heavy atom. The zero-order valence-electron chi connectivity index (χ0n) is 13.8. The van der Waals surface area contributed by atoms with Crippen molar-refractivity contribution in [3.05, 3.63) is 47.9 Å². The van der Waals surface area contributed by atoms with Gasteiger partial charge in [0.2, 0.25) is 0 Å². The van der Waals surface area contributed by atoms with Gasteiger partial charge >= 0.3 is 6.18 Å². The highest BCUT2D eigenvalue weighted by Gasteiger charge is 2.33. The molecule has 1 atom stereocenters. The highest BCUT2D eigenvalue weighted by molar-refractivity contribution is 5.37. The lowest BCUT2D eigenvalue weighted by Gasteiger charge is -2.18. The molecule has 0 radical (unpaired) electrons. The Kier molecular flexibility index (Phi) is 5.08. The average molecular weight is 352 g/mol. The molecule has 0 bridgehead atoms. The lowest BCUT2D eigenvalue weighted by Crippen LogP contribution is -2.26. The van der Waals surface area contributed by atoms with Crippen LogP contribution in [-0.4, -0.2) is 41.1 Å². The molecule has 1 aromatic carbocycles. The van der Waals surface area contributed by atoms with Gasteiger partial charge in [-0.1, -0.05) is 18.2 Å². The molecule has 1 unspecified atom stereocenters. The molecule has 1 aliphatic heterocycles. The number of nitrogens with zero attached hydrogens (tertiary/aromatic N) is 3. The molecule has 2 aromatic rings. The molecule has 8 heteroatoms. The predicted octanol–water partition coefficient (Wildman–Crippen LogP) is 3.19. The Bertz CT molecular complexity index is 723. The summed E-state index contributed by atoms with van der Waals surface area (Å²) < 4.78 is 43.5.